The van der Waals surface area contributed by atoms with Gasteiger partial charge in [0.2, 0.25) is 5.88 Å². The zero-order valence-corrected chi connectivity index (χ0v) is 13.4. The van der Waals surface area contributed by atoms with E-state index in [-0.39, 0.29) is 11.8 Å². The molecule has 1 atom stereocenters. The molecule has 6 nitrogen and oxygen atoms in total. The fourth-order valence-electron chi connectivity index (χ4n) is 2.99. The van der Waals surface area contributed by atoms with Gasteiger partial charge in [0.1, 0.15) is 11.4 Å². The third kappa shape index (κ3) is 3.31. The number of aromatic nitrogens is 3. The highest BCUT2D eigenvalue weighted by Gasteiger charge is 2.28. The number of piperidine rings is 1. The zero-order chi connectivity index (χ0) is 16.2. The molecule has 0 N–H and O–H groups in total. The van der Waals surface area contributed by atoms with Crippen LogP contribution in [0.2, 0.25) is 0 Å². The van der Waals surface area contributed by atoms with Crippen molar-refractivity contribution >= 4 is 5.91 Å². The lowest BCUT2D eigenvalue weighted by molar-refractivity contribution is 0.0701. The van der Waals surface area contributed by atoms with E-state index in [0.717, 1.165) is 30.9 Å². The van der Waals surface area contributed by atoms with Crippen LogP contribution in [0.25, 0.3) is 0 Å². The predicted molar refractivity (Wildman–Crippen MR) is 85.4 cm³/mol. The molecule has 1 aliphatic heterocycles. The maximum Gasteiger partial charge on any atom is 0.259 e. The molecule has 0 saturated carbocycles. The highest BCUT2D eigenvalue weighted by atomic mass is 16.5. The topological polar surface area (TPSA) is 68.2 Å². The van der Waals surface area contributed by atoms with Crippen LogP contribution >= 0.6 is 0 Å². The van der Waals surface area contributed by atoms with E-state index in [1.165, 1.54) is 7.11 Å². The molecule has 2 aromatic rings. The first kappa shape index (κ1) is 15.4. The number of pyridine rings is 1. The van der Waals surface area contributed by atoms with Crippen molar-refractivity contribution in [3.05, 3.63) is 47.7 Å². The van der Waals surface area contributed by atoms with E-state index in [2.05, 4.69) is 15.0 Å². The highest BCUT2D eigenvalue weighted by molar-refractivity contribution is 5.96. The smallest absolute Gasteiger partial charge is 0.259 e. The van der Waals surface area contributed by atoms with Gasteiger partial charge in [0, 0.05) is 37.1 Å². The van der Waals surface area contributed by atoms with Crippen LogP contribution < -0.4 is 4.74 Å². The van der Waals surface area contributed by atoms with Crippen molar-refractivity contribution in [2.24, 2.45) is 0 Å². The zero-order valence-electron chi connectivity index (χ0n) is 13.4. The molecule has 0 aliphatic carbocycles. The van der Waals surface area contributed by atoms with Crippen LogP contribution in [-0.4, -0.2) is 46.0 Å². The molecule has 3 heterocycles. The van der Waals surface area contributed by atoms with Gasteiger partial charge in [-0.05, 0) is 38.0 Å². The van der Waals surface area contributed by atoms with Crippen LogP contribution in [0.5, 0.6) is 5.88 Å². The molecule has 0 aromatic carbocycles. The van der Waals surface area contributed by atoms with Gasteiger partial charge in [0.25, 0.3) is 5.91 Å². The number of hydrogen-bond donors (Lipinski definition) is 0. The van der Waals surface area contributed by atoms with Gasteiger partial charge in [-0.3, -0.25) is 4.79 Å². The first-order chi connectivity index (χ1) is 11.2. The molecule has 1 amide bonds. The Morgan fingerprint density at radius 1 is 1.30 bits per heavy atom. The molecule has 1 fully saturated rings. The molecule has 3 rings (SSSR count). The van der Waals surface area contributed by atoms with Crippen LogP contribution in [0.1, 0.15) is 40.6 Å². The van der Waals surface area contributed by atoms with Crippen molar-refractivity contribution in [1.82, 2.24) is 19.9 Å². The van der Waals surface area contributed by atoms with Crippen LogP contribution in [0, 0.1) is 6.92 Å². The van der Waals surface area contributed by atoms with Crippen LogP contribution in [0.15, 0.2) is 30.6 Å². The monoisotopic (exact) mass is 312 g/mol. The number of nitrogens with zero attached hydrogens (tertiary/aromatic N) is 4. The molecule has 120 valence electrons. The molecular formula is C17H20N4O2. The molecule has 2 aromatic heterocycles. The second-order valence-electron chi connectivity index (χ2n) is 5.68. The summed E-state index contributed by atoms with van der Waals surface area (Å²) in [6.45, 7) is 3.29. The number of likely N-dealkylation sites (tertiary alicyclic amines) is 1. The van der Waals surface area contributed by atoms with Gasteiger partial charge in [-0.25, -0.2) is 15.0 Å². The summed E-state index contributed by atoms with van der Waals surface area (Å²) in [4.78, 5) is 27.4. The SMILES string of the molecule is COc1ncccc1C(=O)N1CCC[C@@H](c2ccnc(C)n2)C1. The first-order valence-electron chi connectivity index (χ1n) is 7.77. The Bertz CT molecular complexity index is 704. The third-order valence-electron chi connectivity index (χ3n) is 4.12. The minimum absolute atomic E-state index is 0.0366. The van der Waals surface area contributed by atoms with Crippen molar-refractivity contribution < 1.29 is 9.53 Å². The number of carbonyl (C=O) groups excluding carboxylic acids is 1. The average molecular weight is 312 g/mol. The second kappa shape index (κ2) is 6.73. The van der Waals surface area contributed by atoms with E-state index in [4.69, 9.17) is 4.74 Å². The van der Waals surface area contributed by atoms with E-state index in [1.807, 2.05) is 17.9 Å². The number of hydrogen-bond acceptors (Lipinski definition) is 5. The Morgan fingerprint density at radius 2 is 2.17 bits per heavy atom. The minimum Gasteiger partial charge on any atom is -0.480 e. The number of amides is 1. The predicted octanol–water partition coefficient (Wildman–Crippen LogP) is 2.21. The van der Waals surface area contributed by atoms with Crippen molar-refractivity contribution in [3.63, 3.8) is 0 Å². The summed E-state index contributed by atoms with van der Waals surface area (Å²) < 4.78 is 5.21. The fourth-order valence-corrected chi connectivity index (χ4v) is 2.99. The lowest BCUT2D eigenvalue weighted by atomic mass is 9.94. The molecule has 0 bridgehead atoms. The summed E-state index contributed by atoms with van der Waals surface area (Å²) >= 11 is 0. The van der Waals surface area contributed by atoms with E-state index in [1.54, 1.807) is 24.5 Å². The Labute approximate surface area is 135 Å². The van der Waals surface area contributed by atoms with Crippen molar-refractivity contribution in [2.45, 2.75) is 25.7 Å². The standard InChI is InChI=1S/C17H20N4O2/c1-12-18-9-7-15(20-12)13-5-4-10-21(11-13)17(22)14-6-3-8-19-16(14)23-2/h3,6-9,13H,4-5,10-11H2,1-2H3/t13-/m1/s1. The third-order valence-corrected chi connectivity index (χ3v) is 4.12. The summed E-state index contributed by atoms with van der Waals surface area (Å²) in [6.07, 6.45) is 5.40. The number of methoxy groups -OCH3 is 1. The number of rotatable bonds is 3. The van der Waals surface area contributed by atoms with E-state index < -0.39 is 0 Å². The lowest BCUT2D eigenvalue weighted by Gasteiger charge is -2.32. The Balaban J connectivity index is 1.79. The number of carbonyl (C=O) groups is 1. The largest absolute Gasteiger partial charge is 0.480 e. The Hall–Kier alpha value is -2.50. The Morgan fingerprint density at radius 3 is 2.96 bits per heavy atom. The first-order valence-corrected chi connectivity index (χ1v) is 7.77. The summed E-state index contributed by atoms with van der Waals surface area (Å²) in [7, 11) is 1.53. The van der Waals surface area contributed by atoms with Crippen LogP contribution in [0.4, 0.5) is 0 Å². The van der Waals surface area contributed by atoms with Gasteiger partial charge in [0.15, 0.2) is 0 Å². The quantitative estimate of drug-likeness (QED) is 0.869. The molecule has 1 saturated heterocycles. The maximum absolute atomic E-state index is 12.8. The molecule has 1 aliphatic rings. The van der Waals surface area contributed by atoms with Crippen molar-refractivity contribution in [1.29, 1.82) is 0 Å². The average Bonchev–Trinajstić information content (AvgIpc) is 2.61. The number of aryl methyl sites for hydroxylation is 1. The van der Waals surface area contributed by atoms with E-state index in [9.17, 15) is 4.79 Å². The van der Waals surface area contributed by atoms with Gasteiger partial charge in [-0.15, -0.1) is 0 Å². The summed E-state index contributed by atoms with van der Waals surface area (Å²) in [5.41, 5.74) is 1.52. The molecular weight excluding hydrogens is 292 g/mol. The van der Waals surface area contributed by atoms with Gasteiger partial charge < -0.3 is 9.64 Å². The molecule has 0 spiro atoms. The molecule has 6 heteroatoms. The summed E-state index contributed by atoms with van der Waals surface area (Å²) in [6, 6.07) is 5.45. The summed E-state index contributed by atoms with van der Waals surface area (Å²) in [5, 5.41) is 0. The van der Waals surface area contributed by atoms with Gasteiger partial charge >= 0.3 is 0 Å². The van der Waals surface area contributed by atoms with Gasteiger partial charge in [-0.1, -0.05) is 0 Å². The van der Waals surface area contributed by atoms with Crippen LogP contribution in [-0.2, 0) is 0 Å². The van der Waals surface area contributed by atoms with Crippen molar-refractivity contribution in [2.75, 3.05) is 20.2 Å². The van der Waals surface area contributed by atoms with Crippen LogP contribution in [0.3, 0.4) is 0 Å². The van der Waals surface area contributed by atoms with Gasteiger partial charge in [-0.2, -0.15) is 0 Å². The number of ether oxygens (including phenoxy) is 1. The van der Waals surface area contributed by atoms with Gasteiger partial charge in [0.05, 0.1) is 7.11 Å². The van der Waals surface area contributed by atoms with E-state index in [0.29, 0.717) is 18.0 Å². The second-order valence-corrected chi connectivity index (χ2v) is 5.68. The molecule has 0 radical (unpaired) electrons. The normalized spacial score (nSPS) is 17.8. The minimum atomic E-state index is -0.0366. The highest BCUT2D eigenvalue weighted by Crippen LogP contribution is 2.27. The summed E-state index contributed by atoms with van der Waals surface area (Å²) in [5.74, 6) is 1.35. The fraction of sp³-hybridized carbons (Fsp3) is 0.412. The Kier molecular flexibility index (Phi) is 4.50. The van der Waals surface area contributed by atoms with E-state index >= 15 is 0 Å². The molecule has 23 heavy (non-hydrogen) atoms. The maximum atomic E-state index is 12.8. The molecule has 0 unspecified atom stereocenters. The van der Waals surface area contributed by atoms with Crippen molar-refractivity contribution in [3.8, 4) is 5.88 Å². The lowest BCUT2D eigenvalue weighted by Crippen LogP contribution is -2.39.